The molecule has 0 amide bonds. The Kier molecular flexibility index (Phi) is 4.44. The molecule has 0 aromatic carbocycles. The van der Waals surface area contributed by atoms with E-state index in [0.29, 0.717) is 0 Å². The molecule has 0 radical (unpaired) electrons. The highest BCUT2D eigenvalue weighted by Gasteiger charge is 2.14. The second-order valence-electron chi connectivity index (χ2n) is 4.49. The Morgan fingerprint density at radius 2 is 1.93 bits per heavy atom. The lowest BCUT2D eigenvalue weighted by Gasteiger charge is -2.17. The van der Waals surface area contributed by atoms with Gasteiger partial charge in [-0.2, -0.15) is 0 Å². The maximum Gasteiger partial charge on any atom is -0.0194 e. The third-order valence-electron chi connectivity index (χ3n) is 3.62. The van der Waals surface area contributed by atoms with Crippen LogP contribution in [0.5, 0.6) is 0 Å². The van der Waals surface area contributed by atoms with E-state index >= 15 is 0 Å². The van der Waals surface area contributed by atoms with E-state index in [1.807, 2.05) is 0 Å². The summed E-state index contributed by atoms with van der Waals surface area (Å²) in [7, 11) is 0. The maximum absolute atomic E-state index is 2.34. The van der Waals surface area contributed by atoms with Gasteiger partial charge in [0.1, 0.15) is 0 Å². The zero-order chi connectivity index (χ0) is 10.6. The highest BCUT2D eigenvalue weighted by Crippen LogP contribution is 2.32. The van der Waals surface area contributed by atoms with Gasteiger partial charge in [0.25, 0.3) is 0 Å². The Morgan fingerprint density at radius 3 is 2.36 bits per heavy atom. The van der Waals surface area contributed by atoms with Crippen molar-refractivity contribution in [3.8, 4) is 0 Å². The third-order valence-corrected chi connectivity index (χ3v) is 3.62. The fourth-order valence-corrected chi connectivity index (χ4v) is 2.47. The monoisotopic (exact) mass is 192 g/mol. The van der Waals surface area contributed by atoms with Crippen LogP contribution in [-0.4, -0.2) is 0 Å². The molecule has 0 bridgehead atoms. The van der Waals surface area contributed by atoms with E-state index in [-0.39, 0.29) is 0 Å². The standard InChI is InChI=1S/C14H24/c1-5-11(3)14(6-2)12(4)13-9-7-8-10-13/h6,11H,5,7-10H2,1-4H3/b14-6+. The lowest BCUT2D eigenvalue weighted by atomic mass is 9.89. The molecule has 80 valence electrons. The molecule has 14 heavy (non-hydrogen) atoms. The molecule has 0 aromatic heterocycles. The summed E-state index contributed by atoms with van der Waals surface area (Å²) in [5.41, 5.74) is 4.90. The summed E-state index contributed by atoms with van der Waals surface area (Å²) in [4.78, 5) is 0. The van der Waals surface area contributed by atoms with Crippen molar-refractivity contribution in [3.05, 3.63) is 22.8 Å². The zero-order valence-electron chi connectivity index (χ0n) is 10.2. The van der Waals surface area contributed by atoms with Crippen LogP contribution in [0.3, 0.4) is 0 Å². The summed E-state index contributed by atoms with van der Waals surface area (Å²) in [6, 6.07) is 0. The normalized spacial score (nSPS) is 20.0. The van der Waals surface area contributed by atoms with Crippen LogP contribution in [0.15, 0.2) is 22.8 Å². The van der Waals surface area contributed by atoms with Gasteiger partial charge in [-0.3, -0.25) is 0 Å². The average Bonchev–Trinajstić information content (AvgIpc) is 2.71. The number of allylic oxidation sites excluding steroid dienone is 4. The van der Waals surface area contributed by atoms with E-state index in [0.717, 1.165) is 5.92 Å². The van der Waals surface area contributed by atoms with Crippen molar-refractivity contribution in [3.63, 3.8) is 0 Å². The summed E-state index contributed by atoms with van der Waals surface area (Å²) < 4.78 is 0. The molecule has 0 heterocycles. The molecule has 1 unspecified atom stereocenters. The maximum atomic E-state index is 2.34. The molecule has 0 spiro atoms. The summed E-state index contributed by atoms with van der Waals surface area (Å²) in [5, 5.41) is 0. The Hall–Kier alpha value is -0.520. The lowest BCUT2D eigenvalue weighted by Crippen LogP contribution is -2.01. The topological polar surface area (TPSA) is 0 Å². The van der Waals surface area contributed by atoms with E-state index < -0.39 is 0 Å². The minimum atomic E-state index is 0.730. The Labute approximate surface area is 89.1 Å². The molecule has 1 aliphatic carbocycles. The Bertz CT molecular complexity index is 235. The van der Waals surface area contributed by atoms with E-state index in [9.17, 15) is 0 Å². The Morgan fingerprint density at radius 1 is 1.36 bits per heavy atom. The van der Waals surface area contributed by atoms with Crippen LogP contribution in [0.2, 0.25) is 0 Å². The van der Waals surface area contributed by atoms with Gasteiger partial charge in [0, 0.05) is 0 Å². The van der Waals surface area contributed by atoms with Crippen LogP contribution in [0.1, 0.15) is 59.8 Å². The molecular weight excluding hydrogens is 168 g/mol. The van der Waals surface area contributed by atoms with E-state index in [4.69, 9.17) is 0 Å². The molecule has 0 aromatic rings. The van der Waals surface area contributed by atoms with E-state index in [2.05, 4.69) is 33.8 Å². The van der Waals surface area contributed by atoms with Crippen LogP contribution in [0, 0.1) is 5.92 Å². The summed E-state index contributed by atoms with van der Waals surface area (Å²) in [6.45, 7) is 9.12. The van der Waals surface area contributed by atoms with Gasteiger partial charge < -0.3 is 0 Å². The summed E-state index contributed by atoms with van der Waals surface area (Å²) in [5.74, 6) is 0.730. The molecule has 1 saturated carbocycles. The van der Waals surface area contributed by atoms with Crippen molar-refractivity contribution < 1.29 is 0 Å². The molecule has 0 N–H and O–H groups in total. The van der Waals surface area contributed by atoms with Crippen molar-refractivity contribution in [2.24, 2.45) is 5.92 Å². The van der Waals surface area contributed by atoms with Gasteiger partial charge >= 0.3 is 0 Å². The van der Waals surface area contributed by atoms with Gasteiger partial charge in [-0.15, -0.1) is 0 Å². The minimum Gasteiger partial charge on any atom is -0.0839 e. The second-order valence-corrected chi connectivity index (χ2v) is 4.49. The molecule has 0 heteroatoms. The first-order valence-electron chi connectivity index (χ1n) is 6.05. The molecule has 1 rings (SSSR count). The first-order chi connectivity index (χ1) is 6.70. The van der Waals surface area contributed by atoms with Crippen molar-refractivity contribution >= 4 is 0 Å². The predicted octanol–water partition coefficient (Wildman–Crippen LogP) is 4.87. The number of rotatable bonds is 3. The van der Waals surface area contributed by atoms with Crippen molar-refractivity contribution in [2.45, 2.75) is 59.8 Å². The van der Waals surface area contributed by atoms with Gasteiger partial charge in [0.2, 0.25) is 0 Å². The van der Waals surface area contributed by atoms with Crippen molar-refractivity contribution in [1.29, 1.82) is 0 Å². The summed E-state index contributed by atoms with van der Waals surface area (Å²) >= 11 is 0. The highest BCUT2D eigenvalue weighted by molar-refractivity contribution is 5.35. The first kappa shape index (κ1) is 11.6. The van der Waals surface area contributed by atoms with Crippen LogP contribution in [0.25, 0.3) is 0 Å². The fourth-order valence-electron chi connectivity index (χ4n) is 2.47. The van der Waals surface area contributed by atoms with Crippen molar-refractivity contribution in [1.82, 2.24) is 0 Å². The average molecular weight is 192 g/mol. The van der Waals surface area contributed by atoms with Crippen LogP contribution in [-0.2, 0) is 0 Å². The van der Waals surface area contributed by atoms with Gasteiger partial charge in [0.15, 0.2) is 0 Å². The lowest BCUT2D eigenvalue weighted by molar-refractivity contribution is 0.658. The highest BCUT2D eigenvalue weighted by atomic mass is 14.2. The number of hydrogen-bond donors (Lipinski definition) is 0. The number of hydrogen-bond acceptors (Lipinski definition) is 0. The van der Waals surface area contributed by atoms with E-state index in [1.165, 1.54) is 32.1 Å². The second kappa shape index (κ2) is 5.38. The molecule has 0 saturated heterocycles. The smallest absolute Gasteiger partial charge is 0.0194 e. The van der Waals surface area contributed by atoms with E-state index in [1.54, 1.807) is 16.7 Å². The largest absolute Gasteiger partial charge is 0.0839 e. The first-order valence-corrected chi connectivity index (χ1v) is 6.05. The van der Waals surface area contributed by atoms with Gasteiger partial charge in [-0.05, 0) is 63.0 Å². The summed E-state index contributed by atoms with van der Waals surface area (Å²) in [6.07, 6.45) is 9.08. The third kappa shape index (κ3) is 2.50. The predicted molar refractivity (Wildman–Crippen MR) is 64.4 cm³/mol. The van der Waals surface area contributed by atoms with Gasteiger partial charge in [0.05, 0.1) is 0 Å². The molecule has 0 aliphatic heterocycles. The van der Waals surface area contributed by atoms with Crippen LogP contribution in [0.4, 0.5) is 0 Å². The molecule has 1 atom stereocenters. The minimum absolute atomic E-state index is 0.730. The van der Waals surface area contributed by atoms with Gasteiger partial charge in [-0.25, -0.2) is 0 Å². The van der Waals surface area contributed by atoms with Crippen LogP contribution >= 0.6 is 0 Å². The van der Waals surface area contributed by atoms with Crippen molar-refractivity contribution in [2.75, 3.05) is 0 Å². The molecule has 1 fully saturated rings. The fraction of sp³-hybridized carbons (Fsp3) is 0.714. The molecule has 1 aliphatic rings. The Balaban J connectivity index is 2.84. The van der Waals surface area contributed by atoms with Gasteiger partial charge in [-0.1, -0.05) is 25.5 Å². The molecular formula is C14H24. The zero-order valence-corrected chi connectivity index (χ0v) is 10.2. The SMILES string of the molecule is C/C=C(/C(C)=C1CCCC1)C(C)CC. The quantitative estimate of drug-likeness (QED) is 0.598. The van der Waals surface area contributed by atoms with Crippen LogP contribution < -0.4 is 0 Å². The molecule has 0 nitrogen and oxygen atoms in total.